The Hall–Kier alpha value is -1.16. The van der Waals surface area contributed by atoms with Crippen LogP contribution in [0.1, 0.15) is 19.2 Å². The molecular weight excluding hydrogens is 164 g/mol. The molecule has 0 aromatic carbocycles. The Kier molecular flexibility index (Phi) is 3.64. The highest BCUT2D eigenvalue weighted by Crippen LogP contribution is 2.03. The lowest BCUT2D eigenvalue weighted by atomic mass is 10.2. The van der Waals surface area contributed by atoms with Gasteiger partial charge in [-0.3, -0.25) is 4.68 Å². The average molecular weight is 180 g/mol. The van der Waals surface area contributed by atoms with Crippen LogP contribution in [0.4, 0.5) is 0 Å². The molecule has 0 atom stereocenters. The van der Waals surface area contributed by atoms with Crippen molar-refractivity contribution in [3.63, 3.8) is 0 Å². The van der Waals surface area contributed by atoms with E-state index in [0.717, 1.165) is 18.7 Å². The molecule has 0 aliphatic carbocycles. The lowest BCUT2D eigenvalue weighted by molar-refractivity contribution is 0.713. The Morgan fingerprint density at radius 3 is 3.00 bits per heavy atom. The monoisotopic (exact) mass is 180 g/mol. The van der Waals surface area contributed by atoms with Crippen LogP contribution >= 0.6 is 0 Å². The van der Waals surface area contributed by atoms with Crippen LogP contribution < -0.4 is 5.73 Å². The number of allylic oxidation sites excluding steroid dienone is 1. The van der Waals surface area contributed by atoms with Crippen molar-refractivity contribution in [3.05, 3.63) is 23.8 Å². The van der Waals surface area contributed by atoms with Gasteiger partial charge in [0, 0.05) is 13.5 Å². The van der Waals surface area contributed by atoms with Crippen molar-refractivity contribution in [2.75, 3.05) is 6.54 Å². The van der Waals surface area contributed by atoms with Crippen molar-refractivity contribution in [1.82, 2.24) is 14.8 Å². The number of nitrogens with two attached hydrogens (primary N) is 1. The number of aryl methyl sites for hydroxylation is 1. The molecule has 0 fully saturated rings. The van der Waals surface area contributed by atoms with Crippen LogP contribution in [0, 0.1) is 0 Å². The van der Waals surface area contributed by atoms with E-state index in [1.165, 1.54) is 5.57 Å². The topological polar surface area (TPSA) is 56.7 Å². The first kappa shape index (κ1) is 9.92. The van der Waals surface area contributed by atoms with Gasteiger partial charge in [-0.25, -0.2) is 4.98 Å². The molecule has 0 saturated heterocycles. The first-order valence-electron chi connectivity index (χ1n) is 4.42. The van der Waals surface area contributed by atoms with Crippen molar-refractivity contribution in [2.45, 2.75) is 19.8 Å². The summed E-state index contributed by atoms with van der Waals surface area (Å²) in [5.74, 6) is 0.991. The summed E-state index contributed by atoms with van der Waals surface area (Å²) in [5, 5.41) is 4.00. The van der Waals surface area contributed by atoms with Gasteiger partial charge in [-0.05, 0) is 19.9 Å². The van der Waals surface area contributed by atoms with Crippen LogP contribution in [0.2, 0.25) is 0 Å². The Bertz CT molecular complexity index is 288. The lowest BCUT2D eigenvalue weighted by Gasteiger charge is -2.00. The first-order valence-corrected chi connectivity index (χ1v) is 4.42. The molecule has 4 heteroatoms. The largest absolute Gasteiger partial charge is 0.330 e. The molecule has 4 nitrogen and oxygen atoms in total. The van der Waals surface area contributed by atoms with Gasteiger partial charge in [0.15, 0.2) is 0 Å². The number of hydrogen-bond acceptors (Lipinski definition) is 3. The highest BCUT2D eigenvalue weighted by Gasteiger charge is 2.00. The second kappa shape index (κ2) is 4.77. The van der Waals surface area contributed by atoms with E-state index in [0.29, 0.717) is 6.54 Å². The lowest BCUT2D eigenvalue weighted by Crippen LogP contribution is -2.01. The van der Waals surface area contributed by atoms with Crippen molar-refractivity contribution in [3.8, 4) is 0 Å². The van der Waals surface area contributed by atoms with Gasteiger partial charge in [0.2, 0.25) is 0 Å². The maximum atomic E-state index is 5.40. The van der Waals surface area contributed by atoms with Crippen LogP contribution in [-0.2, 0) is 13.5 Å². The Labute approximate surface area is 78.5 Å². The van der Waals surface area contributed by atoms with E-state index < -0.39 is 0 Å². The Balaban J connectivity index is 2.54. The van der Waals surface area contributed by atoms with Gasteiger partial charge in [0.25, 0.3) is 0 Å². The van der Waals surface area contributed by atoms with Crippen molar-refractivity contribution in [2.24, 2.45) is 12.8 Å². The Morgan fingerprint density at radius 1 is 1.69 bits per heavy atom. The zero-order valence-corrected chi connectivity index (χ0v) is 8.20. The average Bonchev–Trinajstić information content (AvgIpc) is 2.48. The summed E-state index contributed by atoms with van der Waals surface area (Å²) in [7, 11) is 1.90. The minimum atomic E-state index is 0.705. The van der Waals surface area contributed by atoms with Crippen LogP contribution in [0.15, 0.2) is 18.0 Å². The van der Waals surface area contributed by atoms with Crippen LogP contribution in [0.3, 0.4) is 0 Å². The quantitative estimate of drug-likeness (QED) is 0.692. The van der Waals surface area contributed by atoms with E-state index in [9.17, 15) is 0 Å². The second-order valence-corrected chi connectivity index (χ2v) is 3.10. The predicted molar refractivity (Wildman–Crippen MR) is 52.1 cm³/mol. The fourth-order valence-corrected chi connectivity index (χ4v) is 1.13. The molecule has 13 heavy (non-hydrogen) atoms. The van der Waals surface area contributed by atoms with E-state index in [1.807, 2.05) is 7.05 Å². The summed E-state index contributed by atoms with van der Waals surface area (Å²) in [6.07, 6.45) is 5.51. The second-order valence-electron chi connectivity index (χ2n) is 3.10. The van der Waals surface area contributed by atoms with Crippen molar-refractivity contribution < 1.29 is 0 Å². The molecule has 0 aliphatic rings. The third kappa shape index (κ3) is 2.99. The fraction of sp³-hybridized carbons (Fsp3) is 0.556. The summed E-state index contributed by atoms with van der Waals surface area (Å²) >= 11 is 0. The zero-order chi connectivity index (χ0) is 9.68. The maximum absolute atomic E-state index is 5.40. The molecule has 1 aromatic rings. The van der Waals surface area contributed by atoms with E-state index in [2.05, 4.69) is 23.1 Å². The fourth-order valence-electron chi connectivity index (χ4n) is 1.13. The molecule has 0 spiro atoms. The smallest absolute Gasteiger partial charge is 0.138 e. The van der Waals surface area contributed by atoms with Gasteiger partial charge in [-0.15, -0.1) is 0 Å². The standard InChI is InChI=1S/C9H16N4/c1-8(4-3-5-10)6-9-11-7-12-13(9)2/h4,7H,3,5-6,10H2,1-2H3. The normalized spacial score (nSPS) is 12.1. The zero-order valence-electron chi connectivity index (χ0n) is 8.20. The molecule has 0 bridgehead atoms. The third-order valence-electron chi connectivity index (χ3n) is 1.90. The van der Waals surface area contributed by atoms with Gasteiger partial charge < -0.3 is 5.73 Å². The van der Waals surface area contributed by atoms with Crippen molar-refractivity contribution >= 4 is 0 Å². The molecule has 72 valence electrons. The molecule has 1 rings (SSSR count). The van der Waals surface area contributed by atoms with E-state index in [1.54, 1.807) is 11.0 Å². The molecule has 1 aromatic heterocycles. The van der Waals surface area contributed by atoms with Gasteiger partial charge in [-0.2, -0.15) is 5.10 Å². The van der Waals surface area contributed by atoms with Gasteiger partial charge >= 0.3 is 0 Å². The number of rotatable bonds is 4. The highest BCUT2D eigenvalue weighted by atomic mass is 15.3. The summed E-state index contributed by atoms with van der Waals surface area (Å²) in [6.45, 7) is 2.79. The molecule has 0 unspecified atom stereocenters. The minimum Gasteiger partial charge on any atom is -0.330 e. The van der Waals surface area contributed by atoms with Crippen LogP contribution in [0.25, 0.3) is 0 Å². The van der Waals surface area contributed by atoms with E-state index in [4.69, 9.17) is 5.73 Å². The van der Waals surface area contributed by atoms with Crippen molar-refractivity contribution in [1.29, 1.82) is 0 Å². The first-order chi connectivity index (χ1) is 6.24. The van der Waals surface area contributed by atoms with Gasteiger partial charge in [0.1, 0.15) is 12.2 Å². The molecule has 2 N–H and O–H groups in total. The molecule has 0 aliphatic heterocycles. The Morgan fingerprint density at radius 2 is 2.46 bits per heavy atom. The maximum Gasteiger partial charge on any atom is 0.138 e. The summed E-state index contributed by atoms with van der Waals surface area (Å²) in [6, 6.07) is 0. The predicted octanol–water partition coefficient (Wildman–Crippen LogP) is 0.653. The highest BCUT2D eigenvalue weighted by molar-refractivity contribution is 5.06. The van der Waals surface area contributed by atoms with Crippen LogP contribution in [-0.4, -0.2) is 21.3 Å². The molecule has 0 saturated carbocycles. The number of nitrogens with zero attached hydrogens (tertiary/aromatic N) is 3. The number of aromatic nitrogens is 3. The summed E-state index contributed by atoms with van der Waals surface area (Å²) in [5.41, 5.74) is 6.70. The SMILES string of the molecule is CC(=CCCN)Cc1ncnn1C. The minimum absolute atomic E-state index is 0.705. The van der Waals surface area contributed by atoms with Gasteiger partial charge in [0.05, 0.1) is 0 Å². The van der Waals surface area contributed by atoms with E-state index >= 15 is 0 Å². The number of hydrogen-bond donors (Lipinski definition) is 1. The molecular formula is C9H16N4. The van der Waals surface area contributed by atoms with Crippen LogP contribution in [0.5, 0.6) is 0 Å². The third-order valence-corrected chi connectivity index (χ3v) is 1.90. The van der Waals surface area contributed by atoms with Gasteiger partial charge in [-0.1, -0.05) is 11.6 Å². The molecule has 0 radical (unpaired) electrons. The summed E-state index contributed by atoms with van der Waals surface area (Å²) in [4.78, 5) is 4.14. The molecule has 1 heterocycles. The summed E-state index contributed by atoms with van der Waals surface area (Å²) < 4.78 is 1.79. The van der Waals surface area contributed by atoms with E-state index in [-0.39, 0.29) is 0 Å². The molecule has 0 amide bonds.